The van der Waals surface area contributed by atoms with Crippen molar-refractivity contribution < 1.29 is 14.3 Å². The second kappa shape index (κ2) is 8.09. The summed E-state index contributed by atoms with van der Waals surface area (Å²) in [5.41, 5.74) is 0.916. The predicted octanol–water partition coefficient (Wildman–Crippen LogP) is 3.97. The second-order valence-electron chi connectivity index (χ2n) is 7.75. The molecule has 0 radical (unpaired) electrons. The molecule has 144 valence electrons. The number of aliphatic carboxylic acids is 1. The molecule has 2 fully saturated rings. The lowest BCUT2D eigenvalue weighted by Crippen LogP contribution is -2.54. The third kappa shape index (κ3) is 4.94. The molecule has 2 aliphatic rings. The Morgan fingerprint density at radius 2 is 2.07 bits per heavy atom. The molecule has 0 bridgehead atoms. The largest absolute Gasteiger partial charge is 0.480 e. The predicted molar refractivity (Wildman–Crippen MR) is 105 cm³/mol. The van der Waals surface area contributed by atoms with E-state index in [1.165, 1.54) is 23.8 Å². The van der Waals surface area contributed by atoms with Crippen LogP contribution in [0.1, 0.15) is 30.6 Å². The fourth-order valence-corrected chi connectivity index (χ4v) is 4.67. The van der Waals surface area contributed by atoms with Gasteiger partial charge in [0.05, 0.1) is 6.54 Å². The standard InChI is InChI=1S/C21H25FN2O2S/c22-16-3-1-2-15(8-16)20-7-6-19(27-20)11-23-17-9-18(10-17)24(13-21(25)26)12-14-4-5-14/h1-3,6-8,14,17-18,23H,4-5,9-13H2,(H,25,26). The summed E-state index contributed by atoms with van der Waals surface area (Å²) >= 11 is 1.69. The molecule has 0 saturated heterocycles. The molecule has 2 saturated carbocycles. The van der Waals surface area contributed by atoms with Crippen molar-refractivity contribution in [2.75, 3.05) is 13.1 Å². The number of nitrogens with one attached hydrogen (secondary N) is 1. The molecule has 0 aliphatic heterocycles. The maximum Gasteiger partial charge on any atom is 0.317 e. The minimum absolute atomic E-state index is 0.163. The van der Waals surface area contributed by atoms with Gasteiger partial charge >= 0.3 is 5.97 Å². The minimum Gasteiger partial charge on any atom is -0.480 e. The molecular formula is C21H25FN2O2S. The molecule has 4 rings (SSSR count). The number of carboxylic acids is 1. The first-order valence-electron chi connectivity index (χ1n) is 9.60. The van der Waals surface area contributed by atoms with Gasteiger partial charge in [0.25, 0.3) is 0 Å². The number of thiophene rings is 1. The lowest BCUT2D eigenvalue weighted by atomic mass is 9.85. The molecule has 1 heterocycles. The first kappa shape index (κ1) is 18.6. The van der Waals surface area contributed by atoms with Crippen LogP contribution >= 0.6 is 11.3 Å². The van der Waals surface area contributed by atoms with E-state index in [2.05, 4.69) is 16.3 Å². The number of carboxylic acid groups (broad SMARTS) is 1. The van der Waals surface area contributed by atoms with Crippen LogP contribution in [0.25, 0.3) is 10.4 Å². The van der Waals surface area contributed by atoms with Crippen LogP contribution in [-0.4, -0.2) is 41.1 Å². The highest BCUT2D eigenvalue weighted by atomic mass is 32.1. The molecule has 0 spiro atoms. The Morgan fingerprint density at radius 3 is 2.78 bits per heavy atom. The molecule has 2 aliphatic carbocycles. The van der Waals surface area contributed by atoms with E-state index in [1.807, 2.05) is 12.1 Å². The van der Waals surface area contributed by atoms with Crippen LogP contribution in [-0.2, 0) is 11.3 Å². The summed E-state index contributed by atoms with van der Waals surface area (Å²) < 4.78 is 13.4. The Hall–Kier alpha value is -1.76. The average Bonchev–Trinajstić information content (AvgIpc) is 3.27. The fourth-order valence-electron chi connectivity index (χ4n) is 3.72. The van der Waals surface area contributed by atoms with Crippen molar-refractivity contribution in [1.29, 1.82) is 0 Å². The highest BCUT2D eigenvalue weighted by Crippen LogP contribution is 2.34. The number of nitrogens with zero attached hydrogens (tertiary/aromatic N) is 1. The Balaban J connectivity index is 1.25. The van der Waals surface area contributed by atoms with Crippen molar-refractivity contribution >= 4 is 17.3 Å². The fraction of sp³-hybridized carbons (Fsp3) is 0.476. The summed E-state index contributed by atoms with van der Waals surface area (Å²) in [5, 5.41) is 12.7. The average molecular weight is 389 g/mol. The van der Waals surface area contributed by atoms with Crippen LogP contribution in [0.2, 0.25) is 0 Å². The Bertz CT molecular complexity index is 799. The van der Waals surface area contributed by atoms with Crippen LogP contribution in [0, 0.1) is 11.7 Å². The molecule has 1 aromatic carbocycles. The van der Waals surface area contributed by atoms with Crippen LogP contribution in [0.3, 0.4) is 0 Å². The number of benzene rings is 1. The van der Waals surface area contributed by atoms with Gasteiger partial charge in [-0.25, -0.2) is 4.39 Å². The lowest BCUT2D eigenvalue weighted by Gasteiger charge is -2.43. The zero-order valence-electron chi connectivity index (χ0n) is 15.2. The van der Waals surface area contributed by atoms with E-state index in [4.69, 9.17) is 5.11 Å². The van der Waals surface area contributed by atoms with Crippen LogP contribution in [0.5, 0.6) is 0 Å². The topological polar surface area (TPSA) is 52.6 Å². The minimum atomic E-state index is -0.726. The molecule has 1 aromatic heterocycles. The normalized spacial score (nSPS) is 22.0. The van der Waals surface area contributed by atoms with Crippen LogP contribution in [0.15, 0.2) is 36.4 Å². The Morgan fingerprint density at radius 1 is 1.26 bits per heavy atom. The van der Waals surface area contributed by atoms with Crippen molar-refractivity contribution in [3.8, 4) is 10.4 Å². The summed E-state index contributed by atoms with van der Waals surface area (Å²) in [6.45, 7) is 1.90. The van der Waals surface area contributed by atoms with Gasteiger partial charge in [-0.3, -0.25) is 9.69 Å². The zero-order chi connectivity index (χ0) is 18.8. The number of hydrogen-bond donors (Lipinski definition) is 2. The smallest absolute Gasteiger partial charge is 0.317 e. The molecule has 0 unspecified atom stereocenters. The van der Waals surface area contributed by atoms with E-state index in [0.717, 1.165) is 36.4 Å². The highest BCUT2D eigenvalue weighted by molar-refractivity contribution is 7.15. The summed E-state index contributed by atoms with van der Waals surface area (Å²) in [4.78, 5) is 15.6. The van der Waals surface area contributed by atoms with Gasteiger partial charge in [-0.15, -0.1) is 11.3 Å². The first-order chi connectivity index (χ1) is 13.1. The second-order valence-corrected chi connectivity index (χ2v) is 8.91. The molecule has 0 amide bonds. The molecule has 27 heavy (non-hydrogen) atoms. The molecular weight excluding hydrogens is 363 g/mol. The van der Waals surface area contributed by atoms with Crippen LogP contribution < -0.4 is 5.32 Å². The van der Waals surface area contributed by atoms with Crippen LogP contribution in [0.4, 0.5) is 4.39 Å². The van der Waals surface area contributed by atoms with E-state index >= 15 is 0 Å². The van der Waals surface area contributed by atoms with Crippen molar-refractivity contribution in [1.82, 2.24) is 10.2 Å². The van der Waals surface area contributed by atoms with Crippen molar-refractivity contribution in [3.05, 3.63) is 47.1 Å². The van der Waals surface area contributed by atoms with Gasteiger partial charge in [0.2, 0.25) is 0 Å². The van der Waals surface area contributed by atoms with Crippen molar-refractivity contribution in [2.45, 2.75) is 44.3 Å². The number of halogens is 1. The molecule has 0 atom stereocenters. The summed E-state index contributed by atoms with van der Waals surface area (Å²) in [6, 6.07) is 11.7. The SMILES string of the molecule is O=C(O)CN(CC1CC1)C1CC(NCc2ccc(-c3cccc(F)c3)s2)C1. The van der Waals surface area contributed by atoms with Gasteiger partial charge in [-0.1, -0.05) is 12.1 Å². The maximum absolute atomic E-state index is 13.4. The van der Waals surface area contributed by atoms with Gasteiger partial charge in [0.1, 0.15) is 5.82 Å². The van der Waals surface area contributed by atoms with E-state index in [-0.39, 0.29) is 12.4 Å². The summed E-state index contributed by atoms with van der Waals surface area (Å²) in [5.74, 6) is -0.225. The lowest BCUT2D eigenvalue weighted by molar-refractivity contribution is -0.139. The van der Waals surface area contributed by atoms with Gasteiger partial charge in [0.15, 0.2) is 0 Å². The maximum atomic E-state index is 13.4. The van der Waals surface area contributed by atoms with E-state index in [9.17, 15) is 9.18 Å². The van der Waals surface area contributed by atoms with Gasteiger partial charge < -0.3 is 10.4 Å². The summed E-state index contributed by atoms with van der Waals surface area (Å²) in [6.07, 6.45) is 4.53. The number of hydrogen-bond acceptors (Lipinski definition) is 4. The van der Waals surface area contributed by atoms with Gasteiger partial charge in [0, 0.05) is 34.9 Å². The quantitative estimate of drug-likeness (QED) is 0.682. The van der Waals surface area contributed by atoms with E-state index in [1.54, 1.807) is 23.5 Å². The van der Waals surface area contributed by atoms with Crippen molar-refractivity contribution in [3.63, 3.8) is 0 Å². The first-order valence-corrected chi connectivity index (χ1v) is 10.4. The van der Waals surface area contributed by atoms with Gasteiger partial charge in [-0.2, -0.15) is 0 Å². The Labute approximate surface area is 163 Å². The molecule has 4 nitrogen and oxygen atoms in total. The summed E-state index contributed by atoms with van der Waals surface area (Å²) in [7, 11) is 0. The van der Waals surface area contributed by atoms with E-state index in [0.29, 0.717) is 18.0 Å². The number of carbonyl (C=O) groups is 1. The molecule has 6 heteroatoms. The van der Waals surface area contributed by atoms with E-state index < -0.39 is 5.97 Å². The van der Waals surface area contributed by atoms with Crippen molar-refractivity contribution in [2.24, 2.45) is 5.92 Å². The Kier molecular flexibility index (Phi) is 5.57. The number of rotatable bonds is 9. The zero-order valence-corrected chi connectivity index (χ0v) is 16.1. The molecule has 2 aromatic rings. The highest BCUT2D eigenvalue weighted by Gasteiger charge is 2.36. The third-order valence-electron chi connectivity index (χ3n) is 5.49. The monoisotopic (exact) mass is 388 g/mol. The molecule has 2 N–H and O–H groups in total. The third-order valence-corrected chi connectivity index (χ3v) is 6.63. The van der Waals surface area contributed by atoms with Gasteiger partial charge in [-0.05, 0) is 61.4 Å².